The summed E-state index contributed by atoms with van der Waals surface area (Å²) in [6, 6.07) is 14.6. The van der Waals surface area contributed by atoms with Crippen LogP contribution in [0, 0.1) is 10.1 Å². The van der Waals surface area contributed by atoms with Crippen LogP contribution in [0.15, 0.2) is 59.0 Å². The van der Waals surface area contributed by atoms with Crippen molar-refractivity contribution < 1.29 is 23.6 Å². The lowest BCUT2D eigenvalue weighted by molar-refractivity contribution is -0.384. The molecule has 27 heavy (non-hydrogen) atoms. The number of nitro benzene ring substituents is 1. The van der Waals surface area contributed by atoms with Crippen LogP contribution in [0.1, 0.15) is 16.1 Å². The second-order valence-electron chi connectivity index (χ2n) is 5.84. The number of hydrogen-bond acceptors (Lipinski definition) is 6. The minimum Gasteiger partial charge on any atom is -0.454 e. The van der Waals surface area contributed by atoms with Gasteiger partial charge in [-0.3, -0.25) is 14.9 Å². The van der Waals surface area contributed by atoms with Crippen molar-refractivity contribution in [1.82, 2.24) is 5.32 Å². The zero-order chi connectivity index (χ0) is 18.8. The maximum absolute atomic E-state index is 12.3. The third kappa shape index (κ3) is 3.45. The second kappa shape index (κ2) is 6.83. The average Bonchev–Trinajstić information content (AvgIpc) is 3.35. The van der Waals surface area contributed by atoms with E-state index in [4.69, 9.17) is 13.9 Å². The molecule has 0 bridgehead atoms. The van der Waals surface area contributed by atoms with Crippen molar-refractivity contribution in [3.05, 3.63) is 76.0 Å². The highest BCUT2D eigenvalue weighted by Gasteiger charge is 2.15. The van der Waals surface area contributed by atoms with Crippen molar-refractivity contribution in [3.63, 3.8) is 0 Å². The van der Waals surface area contributed by atoms with E-state index in [2.05, 4.69) is 5.32 Å². The van der Waals surface area contributed by atoms with E-state index in [1.54, 1.807) is 30.3 Å². The van der Waals surface area contributed by atoms with E-state index < -0.39 is 4.92 Å². The molecule has 136 valence electrons. The third-order valence-electron chi connectivity index (χ3n) is 4.08. The van der Waals surface area contributed by atoms with Gasteiger partial charge in [0.15, 0.2) is 17.3 Å². The molecule has 0 atom stereocenters. The first-order valence-electron chi connectivity index (χ1n) is 8.11. The number of nitro groups is 1. The van der Waals surface area contributed by atoms with Gasteiger partial charge in [0.1, 0.15) is 5.76 Å². The summed E-state index contributed by atoms with van der Waals surface area (Å²) in [7, 11) is 0. The Morgan fingerprint density at radius 3 is 2.59 bits per heavy atom. The SMILES string of the molecule is O=C(NCc1ccc2c(c1)OCO2)c1ccc(-c2ccc([N+](=O)[O-])cc2)o1. The van der Waals surface area contributed by atoms with Gasteiger partial charge in [0.05, 0.1) is 4.92 Å². The Hall–Kier alpha value is -3.81. The Morgan fingerprint density at radius 1 is 1.04 bits per heavy atom. The second-order valence-corrected chi connectivity index (χ2v) is 5.84. The number of ether oxygens (including phenoxy) is 2. The van der Waals surface area contributed by atoms with Gasteiger partial charge in [-0.1, -0.05) is 6.07 Å². The molecule has 0 saturated carbocycles. The molecule has 8 heteroatoms. The summed E-state index contributed by atoms with van der Waals surface area (Å²) in [5, 5.41) is 13.5. The number of carbonyl (C=O) groups excluding carboxylic acids is 1. The molecule has 3 aromatic rings. The standard InChI is InChI=1S/C19H14N2O6/c22-19(20-10-12-1-6-16-18(9-12)26-11-25-16)17-8-7-15(27-17)13-2-4-14(5-3-13)21(23)24/h1-9H,10-11H2,(H,20,22). The van der Waals surface area contributed by atoms with Crippen LogP contribution in [0.2, 0.25) is 0 Å². The number of carbonyl (C=O) groups is 1. The van der Waals surface area contributed by atoms with Crippen molar-refractivity contribution in [2.24, 2.45) is 0 Å². The van der Waals surface area contributed by atoms with Gasteiger partial charge < -0.3 is 19.2 Å². The van der Waals surface area contributed by atoms with Crippen molar-refractivity contribution in [1.29, 1.82) is 0 Å². The zero-order valence-corrected chi connectivity index (χ0v) is 14.0. The summed E-state index contributed by atoms with van der Waals surface area (Å²) >= 11 is 0. The number of hydrogen-bond donors (Lipinski definition) is 1. The number of nitrogens with zero attached hydrogens (tertiary/aromatic N) is 1. The van der Waals surface area contributed by atoms with Crippen LogP contribution in [-0.4, -0.2) is 17.6 Å². The highest BCUT2D eigenvalue weighted by atomic mass is 16.7. The first-order chi connectivity index (χ1) is 13.1. The normalized spacial score (nSPS) is 12.0. The maximum atomic E-state index is 12.3. The maximum Gasteiger partial charge on any atom is 0.287 e. The topological polar surface area (TPSA) is 104 Å². The van der Waals surface area contributed by atoms with Gasteiger partial charge in [0, 0.05) is 24.2 Å². The molecule has 0 saturated heterocycles. The summed E-state index contributed by atoms with van der Waals surface area (Å²) in [5.74, 6) is 1.59. The summed E-state index contributed by atoms with van der Waals surface area (Å²) in [6.07, 6.45) is 0. The van der Waals surface area contributed by atoms with E-state index in [1.165, 1.54) is 12.1 Å². The van der Waals surface area contributed by atoms with Crippen LogP contribution < -0.4 is 14.8 Å². The van der Waals surface area contributed by atoms with Crippen molar-refractivity contribution >= 4 is 11.6 Å². The Labute approximate surface area is 153 Å². The van der Waals surface area contributed by atoms with E-state index in [9.17, 15) is 14.9 Å². The number of nitrogens with one attached hydrogen (secondary N) is 1. The van der Waals surface area contributed by atoms with Crippen LogP contribution in [-0.2, 0) is 6.54 Å². The smallest absolute Gasteiger partial charge is 0.287 e. The molecule has 1 aliphatic rings. The van der Waals surface area contributed by atoms with E-state index in [-0.39, 0.29) is 24.1 Å². The van der Waals surface area contributed by atoms with Crippen LogP contribution >= 0.6 is 0 Å². The number of non-ortho nitro benzene ring substituents is 1. The van der Waals surface area contributed by atoms with Gasteiger partial charge in [-0.05, 0) is 42.0 Å². The fourth-order valence-corrected chi connectivity index (χ4v) is 2.68. The summed E-state index contributed by atoms with van der Waals surface area (Å²) < 4.78 is 16.1. The van der Waals surface area contributed by atoms with Gasteiger partial charge in [-0.2, -0.15) is 0 Å². The number of furan rings is 1. The van der Waals surface area contributed by atoms with Gasteiger partial charge in [0.25, 0.3) is 11.6 Å². The van der Waals surface area contributed by atoms with Crippen molar-refractivity contribution in [3.8, 4) is 22.8 Å². The number of amides is 1. The molecule has 1 amide bonds. The summed E-state index contributed by atoms with van der Waals surface area (Å²) in [6.45, 7) is 0.506. The molecule has 0 fully saturated rings. The van der Waals surface area contributed by atoms with Gasteiger partial charge in [-0.25, -0.2) is 0 Å². The van der Waals surface area contributed by atoms with Gasteiger partial charge in [-0.15, -0.1) is 0 Å². The third-order valence-corrected chi connectivity index (χ3v) is 4.08. The van der Waals surface area contributed by atoms with Crippen LogP contribution in [0.25, 0.3) is 11.3 Å². The van der Waals surface area contributed by atoms with E-state index in [1.807, 2.05) is 12.1 Å². The fourth-order valence-electron chi connectivity index (χ4n) is 2.68. The Bertz CT molecular complexity index is 1010. The highest BCUT2D eigenvalue weighted by Crippen LogP contribution is 2.32. The van der Waals surface area contributed by atoms with E-state index in [0.717, 1.165) is 5.56 Å². The molecule has 2 heterocycles. The molecule has 1 N–H and O–H groups in total. The lowest BCUT2D eigenvalue weighted by atomic mass is 10.1. The van der Waals surface area contributed by atoms with E-state index >= 15 is 0 Å². The number of rotatable bonds is 5. The Morgan fingerprint density at radius 2 is 1.81 bits per heavy atom. The monoisotopic (exact) mass is 366 g/mol. The summed E-state index contributed by atoms with van der Waals surface area (Å²) in [5.41, 5.74) is 1.51. The highest BCUT2D eigenvalue weighted by molar-refractivity contribution is 5.92. The quantitative estimate of drug-likeness (QED) is 0.547. The Kier molecular flexibility index (Phi) is 4.21. The van der Waals surface area contributed by atoms with Crippen molar-refractivity contribution in [2.75, 3.05) is 6.79 Å². The lowest BCUT2D eigenvalue weighted by Gasteiger charge is -2.05. The number of benzene rings is 2. The molecule has 4 rings (SSSR count). The van der Waals surface area contributed by atoms with Crippen LogP contribution in [0.5, 0.6) is 11.5 Å². The van der Waals surface area contributed by atoms with E-state index in [0.29, 0.717) is 29.4 Å². The molecular weight excluding hydrogens is 352 g/mol. The van der Waals surface area contributed by atoms with Crippen LogP contribution in [0.4, 0.5) is 5.69 Å². The van der Waals surface area contributed by atoms with Gasteiger partial charge in [0.2, 0.25) is 6.79 Å². The zero-order valence-electron chi connectivity index (χ0n) is 14.0. The minimum absolute atomic E-state index is 0.00741. The molecular formula is C19H14N2O6. The molecule has 0 spiro atoms. The molecule has 2 aromatic carbocycles. The van der Waals surface area contributed by atoms with Gasteiger partial charge >= 0.3 is 0 Å². The van der Waals surface area contributed by atoms with Crippen molar-refractivity contribution in [2.45, 2.75) is 6.54 Å². The molecule has 0 aliphatic carbocycles. The fraction of sp³-hybridized carbons (Fsp3) is 0.105. The predicted molar refractivity (Wildman–Crippen MR) is 94.5 cm³/mol. The first-order valence-corrected chi connectivity index (χ1v) is 8.11. The molecule has 0 radical (unpaired) electrons. The molecule has 8 nitrogen and oxygen atoms in total. The summed E-state index contributed by atoms with van der Waals surface area (Å²) in [4.78, 5) is 22.5. The minimum atomic E-state index is -0.471. The molecule has 1 aromatic heterocycles. The average molecular weight is 366 g/mol. The predicted octanol–water partition coefficient (Wildman–Crippen LogP) is 3.51. The lowest BCUT2D eigenvalue weighted by Crippen LogP contribution is -2.22. The largest absolute Gasteiger partial charge is 0.454 e. The molecule has 1 aliphatic heterocycles. The number of fused-ring (bicyclic) bond motifs is 1. The van der Waals surface area contributed by atoms with Crippen LogP contribution in [0.3, 0.4) is 0 Å². The first kappa shape index (κ1) is 16.6. The Balaban J connectivity index is 1.42. The molecule has 0 unspecified atom stereocenters.